The Kier molecular flexibility index (Phi) is 8.96. The van der Waals surface area contributed by atoms with Crippen molar-refractivity contribution < 1.29 is 14.7 Å². The molecule has 180 valence electrons. The molecule has 2 aromatic carbocycles. The molecule has 0 unspecified atom stereocenters. The number of nitrogens with one attached hydrogen (secondary N) is 2. The molecule has 0 aliphatic carbocycles. The van der Waals surface area contributed by atoms with Crippen molar-refractivity contribution in [3.63, 3.8) is 0 Å². The van der Waals surface area contributed by atoms with Gasteiger partial charge in [0, 0.05) is 18.0 Å². The van der Waals surface area contributed by atoms with Gasteiger partial charge in [-0.25, -0.2) is 4.98 Å². The number of halogens is 1. The number of hydrogen-bond acceptors (Lipinski definition) is 5. The maximum absolute atomic E-state index is 13.1. The van der Waals surface area contributed by atoms with Gasteiger partial charge in [-0.1, -0.05) is 49.7 Å². The highest BCUT2D eigenvalue weighted by atomic mass is 35.5. The van der Waals surface area contributed by atoms with E-state index in [0.717, 1.165) is 5.56 Å². The van der Waals surface area contributed by atoms with Crippen LogP contribution in [0.1, 0.15) is 42.7 Å². The summed E-state index contributed by atoms with van der Waals surface area (Å²) in [6, 6.07) is 13.9. The van der Waals surface area contributed by atoms with Crippen molar-refractivity contribution in [3.8, 4) is 0 Å². The molecule has 1 aromatic heterocycles. The van der Waals surface area contributed by atoms with Crippen LogP contribution in [-0.4, -0.2) is 46.1 Å². The molecule has 0 saturated heterocycles. The number of aromatic nitrogens is 2. The quantitative estimate of drug-likeness (QED) is 0.408. The zero-order chi connectivity index (χ0) is 24.7. The van der Waals surface area contributed by atoms with Gasteiger partial charge < -0.3 is 15.7 Å². The second-order valence-electron chi connectivity index (χ2n) is 8.90. The Morgan fingerprint density at radius 1 is 1.03 bits per heavy atom. The van der Waals surface area contributed by atoms with E-state index in [0.29, 0.717) is 28.9 Å². The number of carbonyl (C=O) groups excluding carboxylic acids is 2. The Labute approximate surface area is 205 Å². The molecule has 1 heterocycles. The first kappa shape index (κ1) is 25.6. The molecule has 0 saturated carbocycles. The van der Waals surface area contributed by atoms with Crippen molar-refractivity contribution >= 4 is 34.4 Å². The van der Waals surface area contributed by atoms with E-state index in [1.807, 2.05) is 44.2 Å². The smallest absolute Gasteiger partial charge is 0.271 e. The van der Waals surface area contributed by atoms with Crippen molar-refractivity contribution in [1.82, 2.24) is 20.6 Å². The van der Waals surface area contributed by atoms with E-state index in [2.05, 4.69) is 20.6 Å². The van der Waals surface area contributed by atoms with E-state index in [1.165, 1.54) is 6.20 Å². The lowest BCUT2D eigenvalue weighted by Crippen LogP contribution is -2.47. The number of rotatable bonds is 10. The van der Waals surface area contributed by atoms with Crippen molar-refractivity contribution in [2.24, 2.45) is 11.8 Å². The maximum Gasteiger partial charge on any atom is 0.271 e. The molecule has 3 atom stereocenters. The molecule has 0 spiro atoms. The van der Waals surface area contributed by atoms with Gasteiger partial charge in [-0.05, 0) is 55.0 Å². The van der Waals surface area contributed by atoms with Gasteiger partial charge >= 0.3 is 0 Å². The van der Waals surface area contributed by atoms with E-state index in [1.54, 1.807) is 25.2 Å². The van der Waals surface area contributed by atoms with E-state index in [9.17, 15) is 14.7 Å². The third-order valence-electron chi connectivity index (χ3n) is 5.73. The summed E-state index contributed by atoms with van der Waals surface area (Å²) in [5.41, 5.74) is 2.37. The molecule has 3 rings (SSSR count). The summed E-state index contributed by atoms with van der Waals surface area (Å²) in [4.78, 5) is 34.2. The first-order valence-electron chi connectivity index (χ1n) is 11.4. The van der Waals surface area contributed by atoms with Crippen LogP contribution in [0, 0.1) is 11.8 Å². The van der Waals surface area contributed by atoms with Gasteiger partial charge in [0.25, 0.3) is 5.91 Å². The molecule has 0 aliphatic rings. The number of nitrogens with zero attached hydrogens (tertiary/aromatic N) is 2. The van der Waals surface area contributed by atoms with E-state index >= 15 is 0 Å². The fraction of sp³-hybridized carbons (Fsp3) is 0.385. The minimum absolute atomic E-state index is 0.121. The van der Waals surface area contributed by atoms with Gasteiger partial charge in [0.05, 0.1) is 29.4 Å². The lowest BCUT2D eigenvalue weighted by molar-refractivity contribution is -0.126. The molecule has 7 nitrogen and oxygen atoms in total. The highest BCUT2D eigenvalue weighted by molar-refractivity contribution is 6.30. The highest BCUT2D eigenvalue weighted by Crippen LogP contribution is 2.21. The van der Waals surface area contributed by atoms with Gasteiger partial charge in [0.1, 0.15) is 5.69 Å². The van der Waals surface area contributed by atoms with Gasteiger partial charge in [-0.3, -0.25) is 14.6 Å². The number of carbonyl (C=O) groups is 2. The van der Waals surface area contributed by atoms with Crippen LogP contribution in [0.5, 0.6) is 0 Å². The molecule has 0 bridgehead atoms. The molecule has 34 heavy (non-hydrogen) atoms. The number of aliphatic hydroxyl groups is 1. The van der Waals surface area contributed by atoms with Crippen LogP contribution < -0.4 is 10.6 Å². The lowest BCUT2D eigenvalue weighted by atomic mass is 9.87. The Morgan fingerprint density at radius 3 is 2.35 bits per heavy atom. The van der Waals surface area contributed by atoms with Gasteiger partial charge in [-0.2, -0.15) is 0 Å². The van der Waals surface area contributed by atoms with Gasteiger partial charge in [-0.15, -0.1) is 0 Å². The van der Waals surface area contributed by atoms with Crippen LogP contribution >= 0.6 is 11.6 Å². The van der Waals surface area contributed by atoms with Gasteiger partial charge in [0.15, 0.2) is 0 Å². The molecular weight excluding hydrogens is 452 g/mol. The first-order valence-corrected chi connectivity index (χ1v) is 11.8. The summed E-state index contributed by atoms with van der Waals surface area (Å²) in [6.45, 7) is 4.07. The van der Waals surface area contributed by atoms with Crippen molar-refractivity contribution in [2.75, 3.05) is 7.05 Å². The SMILES string of the molecule is CNC(=O)[C@H](CC(C)C)C[C@H](O)[C@H](Cc1ccc(Cl)cc1)NC(=O)c1cnc2ccccc2n1. The molecule has 8 heteroatoms. The Balaban J connectivity index is 1.83. The zero-order valence-corrected chi connectivity index (χ0v) is 20.4. The molecule has 3 N–H and O–H groups in total. The molecule has 0 radical (unpaired) electrons. The van der Waals surface area contributed by atoms with Crippen molar-refractivity contribution in [3.05, 3.63) is 71.0 Å². The normalized spacial score (nSPS) is 13.9. The average molecular weight is 483 g/mol. The first-order chi connectivity index (χ1) is 16.3. The third-order valence-corrected chi connectivity index (χ3v) is 5.98. The Hall–Kier alpha value is -3.03. The number of aliphatic hydroxyl groups excluding tert-OH is 1. The fourth-order valence-corrected chi connectivity index (χ4v) is 4.13. The minimum atomic E-state index is -0.950. The molecule has 0 fully saturated rings. The van der Waals surface area contributed by atoms with E-state index < -0.39 is 18.1 Å². The Morgan fingerprint density at radius 2 is 1.71 bits per heavy atom. The summed E-state index contributed by atoms with van der Waals surface area (Å²) in [6.07, 6.45) is 1.70. The number of benzene rings is 2. The second kappa shape index (κ2) is 11.9. The zero-order valence-electron chi connectivity index (χ0n) is 19.7. The summed E-state index contributed by atoms with van der Waals surface area (Å²) < 4.78 is 0. The van der Waals surface area contributed by atoms with Crippen LogP contribution in [0.4, 0.5) is 0 Å². The summed E-state index contributed by atoms with van der Waals surface area (Å²) >= 11 is 6.01. The monoisotopic (exact) mass is 482 g/mol. The largest absolute Gasteiger partial charge is 0.391 e. The second-order valence-corrected chi connectivity index (χ2v) is 9.33. The highest BCUT2D eigenvalue weighted by Gasteiger charge is 2.29. The maximum atomic E-state index is 13.1. The summed E-state index contributed by atoms with van der Waals surface area (Å²) in [7, 11) is 1.59. The van der Waals surface area contributed by atoms with Crippen LogP contribution in [0.2, 0.25) is 5.02 Å². The van der Waals surface area contributed by atoms with Crippen molar-refractivity contribution in [1.29, 1.82) is 0 Å². The lowest BCUT2D eigenvalue weighted by Gasteiger charge is -2.28. The Bertz CT molecular complexity index is 1120. The van der Waals surface area contributed by atoms with Crippen LogP contribution in [0.15, 0.2) is 54.7 Å². The predicted molar refractivity (Wildman–Crippen MR) is 134 cm³/mol. The van der Waals surface area contributed by atoms with Crippen LogP contribution in [0.3, 0.4) is 0 Å². The van der Waals surface area contributed by atoms with Crippen LogP contribution in [-0.2, 0) is 11.2 Å². The van der Waals surface area contributed by atoms with Crippen molar-refractivity contribution in [2.45, 2.75) is 45.3 Å². The predicted octanol–water partition coefficient (Wildman–Crippen LogP) is 3.78. The fourth-order valence-electron chi connectivity index (χ4n) is 4.01. The molecule has 0 aliphatic heterocycles. The molecular formula is C26H31ClN4O3. The molecule has 2 amide bonds. The van der Waals surface area contributed by atoms with Gasteiger partial charge in [0.2, 0.25) is 5.91 Å². The number of fused-ring (bicyclic) bond motifs is 1. The van der Waals surface area contributed by atoms with Crippen LogP contribution in [0.25, 0.3) is 11.0 Å². The number of para-hydroxylation sites is 2. The van der Waals surface area contributed by atoms with E-state index in [-0.39, 0.29) is 29.9 Å². The average Bonchev–Trinajstić information content (AvgIpc) is 2.83. The third kappa shape index (κ3) is 6.98. The molecule has 3 aromatic rings. The minimum Gasteiger partial charge on any atom is -0.391 e. The summed E-state index contributed by atoms with van der Waals surface area (Å²) in [5, 5.41) is 17.4. The topological polar surface area (TPSA) is 104 Å². The number of amides is 2. The summed E-state index contributed by atoms with van der Waals surface area (Å²) in [5.74, 6) is -0.641. The standard InChI is InChI=1S/C26H31ClN4O3/c1-16(2)12-18(25(33)28-3)14-24(32)22(13-17-8-10-19(27)11-9-17)31-26(34)23-15-29-20-6-4-5-7-21(20)30-23/h4-11,15-16,18,22,24,32H,12-14H2,1-3H3,(H,28,33)(H,31,34)/t18-,22+,24+/m1/s1. The van der Waals surface area contributed by atoms with E-state index in [4.69, 9.17) is 11.6 Å². The number of hydrogen-bond donors (Lipinski definition) is 3.